The molecule has 0 saturated carbocycles. The smallest absolute Gasteiger partial charge is 0.248 e. The summed E-state index contributed by atoms with van der Waals surface area (Å²) in [6, 6.07) is 13.0. The predicted octanol–water partition coefficient (Wildman–Crippen LogP) is 1.98. The molecule has 0 unspecified atom stereocenters. The predicted molar refractivity (Wildman–Crippen MR) is 108 cm³/mol. The second kappa shape index (κ2) is 9.23. The molecule has 150 valence electrons. The van der Waals surface area contributed by atoms with Gasteiger partial charge in [-0.25, -0.2) is 8.42 Å². The van der Waals surface area contributed by atoms with Gasteiger partial charge in [-0.1, -0.05) is 12.1 Å². The first-order valence-electron chi connectivity index (χ1n) is 8.53. The van der Waals surface area contributed by atoms with Crippen LogP contribution in [0.2, 0.25) is 0 Å². The minimum atomic E-state index is -3.54. The summed E-state index contributed by atoms with van der Waals surface area (Å²) in [4.78, 5) is 23.2. The summed E-state index contributed by atoms with van der Waals surface area (Å²) in [5.74, 6) is -0.373. The Hall–Kier alpha value is -3.07. The Morgan fingerprint density at radius 3 is 2.32 bits per heavy atom. The van der Waals surface area contributed by atoms with E-state index in [0.29, 0.717) is 29.1 Å². The van der Waals surface area contributed by atoms with Crippen LogP contribution in [0.4, 0.5) is 11.4 Å². The van der Waals surface area contributed by atoms with Gasteiger partial charge in [0.15, 0.2) is 0 Å². The fraction of sp³-hybridized carbons (Fsp3) is 0.263. The number of nitrogens with one attached hydrogen (secondary N) is 1. The molecular formula is C19H23N3O5S. The number of para-hydroxylation sites is 2. The van der Waals surface area contributed by atoms with E-state index < -0.39 is 15.9 Å². The molecule has 0 aliphatic rings. The molecule has 2 aromatic carbocycles. The largest absolute Gasteiger partial charge is 0.495 e. The van der Waals surface area contributed by atoms with Crippen LogP contribution in [0.1, 0.15) is 23.2 Å². The van der Waals surface area contributed by atoms with E-state index in [1.807, 2.05) is 0 Å². The monoisotopic (exact) mass is 405 g/mol. The van der Waals surface area contributed by atoms with Crippen molar-refractivity contribution in [3.8, 4) is 5.75 Å². The van der Waals surface area contributed by atoms with E-state index in [1.165, 1.54) is 23.5 Å². The second-order valence-electron chi connectivity index (χ2n) is 6.10. The Balaban J connectivity index is 1.98. The average Bonchev–Trinajstić information content (AvgIpc) is 2.64. The zero-order valence-electron chi connectivity index (χ0n) is 15.7. The zero-order valence-corrected chi connectivity index (χ0v) is 16.5. The molecule has 0 aliphatic carbocycles. The molecule has 0 aromatic heterocycles. The summed E-state index contributed by atoms with van der Waals surface area (Å²) in [5.41, 5.74) is 6.47. The third-order valence-electron chi connectivity index (χ3n) is 3.97. The van der Waals surface area contributed by atoms with Crippen molar-refractivity contribution in [3.05, 3.63) is 54.1 Å². The van der Waals surface area contributed by atoms with Crippen LogP contribution in [0.3, 0.4) is 0 Å². The summed E-state index contributed by atoms with van der Waals surface area (Å²) in [7, 11) is -2.07. The fourth-order valence-electron chi connectivity index (χ4n) is 2.63. The molecule has 8 nitrogen and oxygen atoms in total. The number of anilines is 2. The summed E-state index contributed by atoms with van der Waals surface area (Å²) in [6.07, 6.45) is 1.55. The topological polar surface area (TPSA) is 119 Å². The Morgan fingerprint density at radius 2 is 1.75 bits per heavy atom. The number of amides is 2. The van der Waals surface area contributed by atoms with E-state index >= 15 is 0 Å². The fourth-order valence-corrected chi connectivity index (χ4v) is 3.59. The highest BCUT2D eigenvalue weighted by Gasteiger charge is 2.20. The Morgan fingerprint density at radius 1 is 1.11 bits per heavy atom. The molecule has 0 bridgehead atoms. The van der Waals surface area contributed by atoms with Gasteiger partial charge in [-0.2, -0.15) is 0 Å². The lowest BCUT2D eigenvalue weighted by molar-refractivity contribution is -0.116. The number of benzene rings is 2. The van der Waals surface area contributed by atoms with Crippen molar-refractivity contribution in [2.24, 2.45) is 5.73 Å². The second-order valence-corrected chi connectivity index (χ2v) is 8.01. The number of hydrogen-bond donors (Lipinski definition) is 2. The number of methoxy groups -OCH3 is 1. The highest BCUT2D eigenvalue weighted by molar-refractivity contribution is 7.92. The Kier molecular flexibility index (Phi) is 7.00. The van der Waals surface area contributed by atoms with E-state index in [1.54, 1.807) is 36.4 Å². The number of hydrogen-bond acceptors (Lipinski definition) is 5. The number of sulfonamides is 1. The first kappa shape index (κ1) is 21.2. The minimum absolute atomic E-state index is 0.124. The maximum Gasteiger partial charge on any atom is 0.248 e. The quantitative estimate of drug-likeness (QED) is 0.661. The number of ether oxygens (including phenoxy) is 1. The number of primary amides is 1. The van der Waals surface area contributed by atoms with Crippen LogP contribution in [0, 0.1) is 0 Å². The van der Waals surface area contributed by atoms with Crippen LogP contribution in [0.5, 0.6) is 5.75 Å². The van der Waals surface area contributed by atoms with Crippen molar-refractivity contribution >= 4 is 33.2 Å². The normalized spacial score (nSPS) is 10.9. The van der Waals surface area contributed by atoms with Gasteiger partial charge in [-0.3, -0.25) is 13.9 Å². The van der Waals surface area contributed by atoms with Gasteiger partial charge < -0.3 is 15.8 Å². The van der Waals surface area contributed by atoms with Crippen molar-refractivity contribution in [2.75, 3.05) is 29.5 Å². The van der Waals surface area contributed by atoms with Crippen molar-refractivity contribution in [2.45, 2.75) is 12.8 Å². The number of carbonyl (C=O) groups is 2. The summed E-state index contributed by atoms with van der Waals surface area (Å²) in [5, 5.41) is 2.70. The lowest BCUT2D eigenvalue weighted by atomic mass is 10.2. The van der Waals surface area contributed by atoms with Gasteiger partial charge in [0.05, 0.1) is 19.1 Å². The summed E-state index contributed by atoms with van der Waals surface area (Å²) >= 11 is 0. The molecule has 0 aliphatic heterocycles. The van der Waals surface area contributed by atoms with Gasteiger partial charge in [0.1, 0.15) is 5.75 Å². The van der Waals surface area contributed by atoms with Crippen LogP contribution in [0.15, 0.2) is 48.5 Å². The van der Waals surface area contributed by atoms with Gasteiger partial charge in [-0.05, 0) is 42.8 Å². The number of nitrogens with two attached hydrogens (primary N) is 1. The van der Waals surface area contributed by atoms with Gasteiger partial charge in [0, 0.05) is 24.2 Å². The van der Waals surface area contributed by atoms with Gasteiger partial charge in [0.2, 0.25) is 21.8 Å². The minimum Gasteiger partial charge on any atom is -0.495 e. The molecule has 0 saturated heterocycles. The van der Waals surface area contributed by atoms with Gasteiger partial charge in [-0.15, -0.1) is 0 Å². The number of carbonyl (C=O) groups excluding carboxylic acids is 2. The van der Waals surface area contributed by atoms with Crippen molar-refractivity contribution in [1.29, 1.82) is 0 Å². The highest BCUT2D eigenvalue weighted by Crippen LogP contribution is 2.29. The van der Waals surface area contributed by atoms with E-state index in [-0.39, 0.29) is 18.9 Å². The number of rotatable bonds is 9. The van der Waals surface area contributed by atoms with E-state index in [2.05, 4.69) is 5.32 Å². The van der Waals surface area contributed by atoms with Crippen molar-refractivity contribution in [3.63, 3.8) is 0 Å². The van der Waals surface area contributed by atoms with Crippen LogP contribution < -0.4 is 20.1 Å². The van der Waals surface area contributed by atoms with E-state index in [0.717, 1.165) is 6.26 Å². The molecule has 2 amide bonds. The van der Waals surface area contributed by atoms with Crippen molar-refractivity contribution < 1.29 is 22.7 Å². The molecule has 0 heterocycles. The van der Waals surface area contributed by atoms with E-state index in [9.17, 15) is 18.0 Å². The lowest BCUT2D eigenvalue weighted by Crippen LogP contribution is -2.31. The molecule has 3 N–H and O–H groups in total. The third kappa shape index (κ3) is 5.71. The Bertz CT molecular complexity index is 942. The lowest BCUT2D eigenvalue weighted by Gasteiger charge is -2.24. The van der Waals surface area contributed by atoms with Gasteiger partial charge >= 0.3 is 0 Å². The van der Waals surface area contributed by atoms with Crippen LogP contribution in [-0.4, -0.2) is 40.1 Å². The first-order valence-corrected chi connectivity index (χ1v) is 10.4. The SMILES string of the molecule is COc1ccccc1N(CCCC(=O)Nc1ccc(C(N)=O)cc1)S(C)(=O)=O. The molecule has 9 heteroatoms. The molecule has 0 spiro atoms. The molecule has 0 atom stereocenters. The Labute approximate surface area is 164 Å². The zero-order chi connectivity index (χ0) is 20.7. The molecule has 0 radical (unpaired) electrons. The van der Waals surface area contributed by atoms with Crippen molar-refractivity contribution in [1.82, 2.24) is 0 Å². The van der Waals surface area contributed by atoms with Crippen LogP contribution in [0.25, 0.3) is 0 Å². The average molecular weight is 405 g/mol. The molecule has 28 heavy (non-hydrogen) atoms. The highest BCUT2D eigenvalue weighted by atomic mass is 32.2. The maximum absolute atomic E-state index is 12.2. The molecular weight excluding hydrogens is 382 g/mol. The standard InChI is InChI=1S/C19H23N3O5S/c1-27-17-7-4-3-6-16(17)22(28(2,25)26)13-5-8-18(23)21-15-11-9-14(10-12-15)19(20)24/h3-4,6-7,9-12H,5,8,13H2,1-2H3,(H2,20,24)(H,21,23). The number of nitrogens with zero attached hydrogens (tertiary/aromatic N) is 1. The summed E-state index contributed by atoms with van der Waals surface area (Å²) in [6.45, 7) is 0.132. The van der Waals surface area contributed by atoms with E-state index in [4.69, 9.17) is 10.5 Å². The van der Waals surface area contributed by atoms with Gasteiger partial charge in [0.25, 0.3) is 0 Å². The first-order chi connectivity index (χ1) is 13.2. The maximum atomic E-state index is 12.2. The molecule has 2 aromatic rings. The molecule has 2 rings (SSSR count). The van der Waals surface area contributed by atoms with Crippen LogP contribution >= 0.6 is 0 Å². The van der Waals surface area contributed by atoms with Crippen LogP contribution in [-0.2, 0) is 14.8 Å². The molecule has 0 fully saturated rings. The third-order valence-corrected chi connectivity index (χ3v) is 5.15. The summed E-state index contributed by atoms with van der Waals surface area (Å²) < 4.78 is 30.8.